The van der Waals surface area contributed by atoms with Crippen LogP contribution in [0.2, 0.25) is 24.2 Å². The van der Waals surface area contributed by atoms with Crippen molar-refractivity contribution in [1.82, 2.24) is 0 Å². The molecule has 4 rings (SSSR count). The minimum atomic E-state index is -1.18. The maximum absolute atomic E-state index is 4.93. The molecule has 4 aliphatic carbocycles. The first kappa shape index (κ1) is 33.7. The summed E-state index contributed by atoms with van der Waals surface area (Å²) in [6.45, 7) is 10.6. The van der Waals surface area contributed by atoms with Crippen LogP contribution in [0.25, 0.3) is 0 Å². The molecule has 0 nitrogen and oxygen atoms in total. The molecule has 4 aliphatic rings. The zero-order chi connectivity index (χ0) is 23.1. The Balaban J connectivity index is 0.00000110. The monoisotopic (exact) mass is 606 g/mol. The predicted molar refractivity (Wildman–Crippen MR) is 156 cm³/mol. The molecule has 0 spiro atoms. The van der Waals surface area contributed by atoms with Gasteiger partial charge in [-0.05, 0) is 65.9 Å². The molecule has 4 saturated carbocycles. The molecular formula is C30H58Cl2SiZr. The third-order valence-electron chi connectivity index (χ3n) is 11.0. The van der Waals surface area contributed by atoms with Crippen LogP contribution in [-0.4, -0.2) is 8.07 Å². The Morgan fingerprint density at radius 1 is 0.794 bits per heavy atom. The third-order valence-corrected chi connectivity index (χ3v) is 16.2. The second kappa shape index (κ2) is 16.6. The first-order valence-corrected chi connectivity index (χ1v) is 23.9. The molecule has 0 N–H and O–H groups in total. The van der Waals surface area contributed by atoms with E-state index in [1.54, 1.807) is 77.0 Å². The van der Waals surface area contributed by atoms with E-state index in [2.05, 4.69) is 26.9 Å². The Morgan fingerprint density at radius 2 is 1.38 bits per heavy atom. The zero-order valence-electron chi connectivity index (χ0n) is 23.7. The van der Waals surface area contributed by atoms with Crippen molar-refractivity contribution in [2.45, 2.75) is 141 Å². The van der Waals surface area contributed by atoms with Crippen molar-refractivity contribution in [3.63, 3.8) is 0 Å². The van der Waals surface area contributed by atoms with Gasteiger partial charge in [0.1, 0.15) is 0 Å². The third kappa shape index (κ3) is 8.09. The van der Waals surface area contributed by atoms with Crippen LogP contribution < -0.4 is 0 Å². The van der Waals surface area contributed by atoms with Gasteiger partial charge in [0, 0.05) is 0 Å². The van der Waals surface area contributed by atoms with E-state index in [0.717, 1.165) is 35.5 Å². The Labute approximate surface area is 235 Å². The van der Waals surface area contributed by atoms with Crippen LogP contribution in [0.1, 0.15) is 117 Å². The first-order valence-electron chi connectivity index (χ1n) is 14.4. The quantitative estimate of drug-likeness (QED) is 0.190. The average molecular weight is 609 g/mol. The summed E-state index contributed by atoms with van der Waals surface area (Å²) in [6, 6.07) is 0. The van der Waals surface area contributed by atoms with Gasteiger partial charge in [0.25, 0.3) is 0 Å². The van der Waals surface area contributed by atoms with E-state index >= 15 is 0 Å². The summed E-state index contributed by atoms with van der Waals surface area (Å²) in [5.41, 5.74) is 2.35. The molecule has 0 saturated heterocycles. The summed E-state index contributed by atoms with van der Waals surface area (Å²) >= 11 is -0.826. The molecule has 0 aliphatic heterocycles. The van der Waals surface area contributed by atoms with E-state index in [1.807, 2.05) is 0 Å². The molecule has 0 aromatic rings. The fourth-order valence-corrected chi connectivity index (χ4v) is 14.8. The van der Waals surface area contributed by atoms with E-state index in [1.165, 1.54) is 36.8 Å². The molecule has 8 unspecified atom stereocenters. The van der Waals surface area contributed by atoms with Crippen molar-refractivity contribution in [3.05, 3.63) is 14.9 Å². The Kier molecular flexibility index (Phi) is 16.5. The molecule has 34 heavy (non-hydrogen) atoms. The molecule has 4 fully saturated rings. The van der Waals surface area contributed by atoms with Crippen molar-refractivity contribution in [2.75, 3.05) is 0 Å². The van der Waals surface area contributed by atoms with Gasteiger partial charge in [-0.2, -0.15) is 0 Å². The number of hydrogen-bond donors (Lipinski definition) is 0. The topological polar surface area (TPSA) is 0 Å². The van der Waals surface area contributed by atoms with Gasteiger partial charge in [-0.3, -0.25) is 0 Å². The van der Waals surface area contributed by atoms with Crippen LogP contribution in [0.4, 0.5) is 0 Å². The van der Waals surface area contributed by atoms with Gasteiger partial charge in [0.15, 0.2) is 0 Å². The second-order valence-electron chi connectivity index (χ2n) is 12.7. The normalized spacial score (nSPS) is 35.4. The molecule has 0 bridgehead atoms. The van der Waals surface area contributed by atoms with Crippen LogP contribution in [0.5, 0.6) is 0 Å². The average Bonchev–Trinajstić information content (AvgIpc) is 3.40. The maximum atomic E-state index is 4.93. The molecular weight excluding hydrogens is 551 g/mol. The summed E-state index contributed by atoms with van der Waals surface area (Å²) in [4.78, 5) is 0. The number of halogens is 2. The predicted octanol–water partition coefficient (Wildman–Crippen LogP) is 11.7. The van der Waals surface area contributed by atoms with Crippen molar-refractivity contribution >= 4 is 25.1 Å². The van der Waals surface area contributed by atoms with Crippen LogP contribution in [0.3, 0.4) is 0 Å². The molecule has 0 amide bonds. The summed E-state index contributed by atoms with van der Waals surface area (Å²) in [5.74, 6) is 6.68. The minimum absolute atomic E-state index is 0. The van der Waals surface area contributed by atoms with Crippen LogP contribution >= 0.6 is 17.0 Å². The van der Waals surface area contributed by atoms with Gasteiger partial charge in [-0.1, -0.05) is 110 Å². The van der Waals surface area contributed by atoms with Crippen LogP contribution in [0, 0.1) is 50.4 Å². The van der Waals surface area contributed by atoms with E-state index < -0.39 is 28.9 Å². The second-order valence-corrected chi connectivity index (χ2v) is 21.5. The van der Waals surface area contributed by atoms with E-state index in [9.17, 15) is 0 Å². The SMILES string of the molecule is CCCCC(CC)CC1CC([Si](C)(C)C2CCC3CCCCC32)C2CCCCC12.[CH3-].[CH3-].[Cl][Zr+2][Cl]. The van der Waals surface area contributed by atoms with Crippen LogP contribution in [-0.2, 0) is 20.8 Å². The van der Waals surface area contributed by atoms with E-state index in [0.29, 0.717) is 0 Å². The van der Waals surface area contributed by atoms with Crippen molar-refractivity contribution in [1.29, 1.82) is 0 Å². The first-order chi connectivity index (χ1) is 15.5. The molecule has 0 aromatic carbocycles. The fraction of sp³-hybridized carbons (Fsp3) is 0.933. The van der Waals surface area contributed by atoms with Gasteiger partial charge in [0.05, 0.1) is 8.07 Å². The fourth-order valence-electron chi connectivity index (χ4n) is 9.42. The molecule has 0 heterocycles. The van der Waals surface area contributed by atoms with Gasteiger partial charge >= 0.3 is 37.9 Å². The van der Waals surface area contributed by atoms with Crippen molar-refractivity contribution < 1.29 is 20.8 Å². The van der Waals surface area contributed by atoms with Gasteiger partial charge in [0.2, 0.25) is 0 Å². The molecule has 4 heteroatoms. The van der Waals surface area contributed by atoms with Crippen LogP contribution in [0.15, 0.2) is 0 Å². The number of unbranched alkanes of at least 4 members (excludes halogenated alkanes) is 1. The van der Waals surface area contributed by atoms with Gasteiger partial charge in [-0.15, -0.1) is 0 Å². The Hall–Kier alpha value is 1.68. The van der Waals surface area contributed by atoms with Gasteiger partial charge in [-0.25, -0.2) is 0 Å². The van der Waals surface area contributed by atoms with Crippen molar-refractivity contribution in [3.8, 4) is 0 Å². The number of fused-ring (bicyclic) bond motifs is 2. The number of hydrogen-bond acceptors (Lipinski definition) is 0. The summed E-state index contributed by atoms with van der Waals surface area (Å²) < 4.78 is 0. The van der Waals surface area contributed by atoms with E-state index in [4.69, 9.17) is 17.0 Å². The van der Waals surface area contributed by atoms with E-state index in [-0.39, 0.29) is 14.9 Å². The summed E-state index contributed by atoms with van der Waals surface area (Å²) in [6.07, 6.45) is 24.9. The molecule has 8 atom stereocenters. The summed E-state index contributed by atoms with van der Waals surface area (Å²) in [5, 5.41) is 0. The zero-order valence-corrected chi connectivity index (χ0v) is 28.7. The standard InChI is InChI=1S/C28H52Si.2CH3.2ClH.Zr/c1-5-7-12-21(6-2)19-23-20-28(26-16-11-10-14-24(23)26)29(3,4)27-18-17-22-13-8-9-15-25(22)27;;;;;/h21-28H,5-20H2,1-4H3;2*1H3;2*1H;/q;2*-1;;;+4/p-2. The Bertz CT molecular complexity index is 542. The van der Waals surface area contributed by atoms with Gasteiger partial charge < -0.3 is 14.9 Å². The summed E-state index contributed by atoms with van der Waals surface area (Å²) in [7, 11) is 8.69. The van der Waals surface area contributed by atoms with Crippen molar-refractivity contribution in [2.24, 2.45) is 35.5 Å². The Morgan fingerprint density at radius 3 is 2.00 bits per heavy atom. The molecule has 0 radical (unpaired) electrons. The molecule has 200 valence electrons. The number of rotatable bonds is 8. The molecule has 0 aromatic heterocycles.